The van der Waals surface area contributed by atoms with Crippen LogP contribution in [-0.2, 0) is 11.3 Å². The number of benzene rings is 1. The summed E-state index contributed by atoms with van der Waals surface area (Å²) < 4.78 is 0. The van der Waals surface area contributed by atoms with Crippen molar-refractivity contribution in [2.75, 3.05) is 70.2 Å². The minimum atomic E-state index is -0.112. The monoisotopic (exact) mass is 437 g/mol. The minimum absolute atomic E-state index is 0.0341. The molecule has 0 spiro atoms. The van der Waals surface area contributed by atoms with Gasteiger partial charge in [0.25, 0.3) is 0 Å². The SMILES string of the molecule is Cc1cc(CN2CCN(C(=O)CCl)CC2)ccc1NCCNCN1CCC(O)CC1. The van der Waals surface area contributed by atoms with Crippen molar-refractivity contribution in [1.29, 1.82) is 0 Å². The Morgan fingerprint density at radius 1 is 1.10 bits per heavy atom. The molecule has 0 saturated carbocycles. The van der Waals surface area contributed by atoms with Gasteiger partial charge in [0.05, 0.1) is 6.10 Å². The number of aryl methyl sites for hydroxylation is 1. The Hall–Kier alpha value is -1.38. The van der Waals surface area contributed by atoms with Gasteiger partial charge >= 0.3 is 0 Å². The smallest absolute Gasteiger partial charge is 0.237 e. The maximum atomic E-state index is 11.7. The summed E-state index contributed by atoms with van der Waals surface area (Å²) in [6.45, 7) is 11.0. The zero-order valence-corrected chi connectivity index (χ0v) is 18.8. The molecule has 0 atom stereocenters. The van der Waals surface area contributed by atoms with Gasteiger partial charge < -0.3 is 20.6 Å². The number of carbonyl (C=O) groups is 1. The predicted molar refractivity (Wildman–Crippen MR) is 122 cm³/mol. The van der Waals surface area contributed by atoms with E-state index in [-0.39, 0.29) is 17.9 Å². The fourth-order valence-electron chi connectivity index (χ4n) is 4.12. The number of piperidine rings is 1. The standard InChI is InChI=1S/C22H36ClN5O2/c1-18-14-19(16-26-10-12-28(13-11-26)22(30)15-23)2-3-21(18)25-7-6-24-17-27-8-4-20(29)5-9-27/h2-3,14,20,24-25,29H,4-13,15-17H2,1H3. The van der Waals surface area contributed by atoms with Gasteiger partial charge in [-0.1, -0.05) is 12.1 Å². The molecule has 7 nitrogen and oxygen atoms in total. The number of halogens is 1. The number of rotatable bonds is 9. The highest BCUT2D eigenvalue weighted by Crippen LogP contribution is 2.18. The van der Waals surface area contributed by atoms with Gasteiger partial charge in [-0.25, -0.2) is 0 Å². The molecule has 168 valence electrons. The first kappa shape index (κ1) is 23.3. The average molecular weight is 438 g/mol. The third kappa shape index (κ3) is 7.10. The number of piperazine rings is 1. The van der Waals surface area contributed by atoms with Gasteiger partial charge in [-0.15, -0.1) is 11.6 Å². The maximum absolute atomic E-state index is 11.7. The molecule has 1 amide bonds. The molecule has 8 heteroatoms. The van der Waals surface area contributed by atoms with Crippen LogP contribution in [0.2, 0.25) is 0 Å². The lowest BCUT2D eigenvalue weighted by Crippen LogP contribution is -2.48. The number of alkyl halides is 1. The Bertz CT molecular complexity index is 673. The summed E-state index contributed by atoms with van der Waals surface area (Å²) in [5.41, 5.74) is 3.74. The summed E-state index contributed by atoms with van der Waals surface area (Å²) in [5.74, 6) is 0.109. The highest BCUT2D eigenvalue weighted by molar-refractivity contribution is 6.27. The van der Waals surface area contributed by atoms with Crippen molar-refractivity contribution in [3.05, 3.63) is 29.3 Å². The number of hydrogen-bond donors (Lipinski definition) is 3. The molecule has 30 heavy (non-hydrogen) atoms. The van der Waals surface area contributed by atoms with Crippen molar-refractivity contribution in [2.45, 2.75) is 32.4 Å². The van der Waals surface area contributed by atoms with E-state index < -0.39 is 0 Å². The molecular formula is C22H36ClN5O2. The summed E-state index contributed by atoms with van der Waals surface area (Å²) in [5, 5.41) is 16.6. The van der Waals surface area contributed by atoms with Crippen molar-refractivity contribution in [1.82, 2.24) is 20.0 Å². The predicted octanol–water partition coefficient (Wildman–Crippen LogP) is 1.29. The largest absolute Gasteiger partial charge is 0.393 e. The number of hydrogen-bond acceptors (Lipinski definition) is 6. The Morgan fingerprint density at radius 3 is 2.50 bits per heavy atom. The maximum Gasteiger partial charge on any atom is 0.237 e. The second kappa shape index (κ2) is 11.9. The van der Waals surface area contributed by atoms with Gasteiger partial charge in [-0.2, -0.15) is 0 Å². The van der Waals surface area contributed by atoms with Gasteiger partial charge in [0.1, 0.15) is 5.88 Å². The molecule has 2 aliphatic rings. The number of amides is 1. The van der Waals surface area contributed by atoms with E-state index >= 15 is 0 Å². The number of anilines is 1. The van der Waals surface area contributed by atoms with Crippen LogP contribution < -0.4 is 10.6 Å². The lowest BCUT2D eigenvalue weighted by Gasteiger charge is -2.34. The van der Waals surface area contributed by atoms with Crippen LogP contribution in [0.4, 0.5) is 5.69 Å². The zero-order valence-electron chi connectivity index (χ0n) is 18.1. The van der Waals surface area contributed by atoms with Crippen LogP contribution >= 0.6 is 11.6 Å². The van der Waals surface area contributed by atoms with Crippen LogP contribution in [0.25, 0.3) is 0 Å². The molecule has 2 fully saturated rings. The molecule has 0 unspecified atom stereocenters. The first-order valence-electron chi connectivity index (χ1n) is 11.1. The molecule has 3 rings (SSSR count). The Labute approximate surface area is 185 Å². The third-order valence-corrected chi connectivity index (χ3v) is 6.27. The van der Waals surface area contributed by atoms with Crippen LogP contribution in [-0.4, -0.2) is 96.7 Å². The van der Waals surface area contributed by atoms with Crippen molar-refractivity contribution in [3.63, 3.8) is 0 Å². The summed E-state index contributed by atoms with van der Waals surface area (Å²) in [6, 6.07) is 6.62. The molecule has 2 aliphatic heterocycles. The number of nitrogens with one attached hydrogen (secondary N) is 2. The van der Waals surface area contributed by atoms with Crippen molar-refractivity contribution >= 4 is 23.2 Å². The van der Waals surface area contributed by atoms with Crippen LogP contribution in [0.3, 0.4) is 0 Å². The number of carbonyl (C=O) groups excluding carboxylic acids is 1. The van der Waals surface area contributed by atoms with Gasteiger partial charge in [-0.05, 0) is 37.0 Å². The number of aliphatic hydroxyl groups is 1. The van der Waals surface area contributed by atoms with Crippen molar-refractivity contribution in [3.8, 4) is 0 Å². The lowest BCUT2D eigenvalue weighted by molar-refractivity contribution is -0.130. The third-order valence-electron chi connectivity index (χ3n) is 6.05. The molecule has 0 radical (unpaired) electrons. The summed E-state index contributed by atoms with van der Waals surface area (Å²) >= 11 is 5.65. The number of likely N-dealkylation sites (tertiary alicyclic amines) is 1. The molecule has 3 N–H and O–H groups in total. The highest BCUT2D eigenvalue weighted by Gasteiger charge is 2.20. The summed E-state index contributed by atoms with van der Waals surface area (Å²) in [4.78, 5) is 18.3. The second-order valence-electron chi connectivity index (χ2n) is 8.37. The van der Waals surface area contributed by atoms with Gasteiger partial charge in [0, 0.05) is 71.3 Å². The molecule has 0 aromatic heterocycles. The van der Waals surface area contributed by atoms with E-state index in [9.17, 15) is 9.90 Å². The first-order chi connectivity index (χ1) is 14.5. The van der Waals surface area contributed by atoms with E-state index in [2.05, 4.69) is 45.6 Å². The highest BCUT2D eigenvalue weighted by atomic mass is 35.5. The van der Waals surface area contributed by atoms with Gasteiger partial charge in [0.15, 0.2) is 0 Å². The van der Waals surface area contributed by atoms with Crippen LogP contribution in [0, 0.1) is 6.92 Å². The second-order valence-corrected chi connectivity index (χ2v) is 8.64. The molecule has 1 aromatic carbocycles. The number of aliphatic hydroxyl groups excluding tert-OH is 1. The first-order valence-corrected chi connectivity index (χ1v) is 11.6. The molecular weight excluding hydrogens is 402 g/mol. The molecule has 1 aromatic rings. The lowest BCUT2D eigenvalue weighted by atomic mass is 10.1. The minimum Gasteiger partial charge on any atom is -0.393 e. The quantitative estimate of drug-likeness (QED) is 0.399. The van der Waals surface area contributed by atoms with Crippen LogP contribution in [0.15, 0.2) is 18.2 Å². The summed E-state index contributed by atoms with van der Waals surface area (Å²) in [7, 11) is 0. The van der Waals surface area contributed by atoms with Crippen molar-refractivity contribution in [2.24, 2.45) is 0 Å². The molecule has 0 aliphatic carbocycles. The van der Waals surface area contributed by atoms with Gasteiger partial charge in [0.2, 0.25) is 5.91 Å². The Morgan fingerprint density at radius 2 is 1.83 bits per heavy atom. The van der Waals surface area contributed by atoms with Gasteiger partial charge in [-0.3, -0.25) is 14.6 Å². The molecule has 2 heterocycles. The number of nitrogens with zero attached hydrogens (tertiary/aromatic N) is 3. The van der Waals surface area contributed by atoms with Crippen LogP contribution in [0.5, 0.6) is 0 Å². The van der Waals surface area contributed by atoms with E-state index in [0.29, 0.717) is 0 Å². The van der Waals surface area contributed by atoms with E-state index in [0.717, 1.165) is 78.4 Å². The zero-order chi connectivity index (χ0) is 21.3. The van der Waals surface area contributed by atoms with Crippen molar-refractivity contribution < 1.29 is 9.90 Å². The Kier molecular flexibility index (Phi) is 9.21. The molecule has 0 bridgehead atoms. The topological polar surface area (TPSA) is 71.1 Å². The Balaban J connectivity index is 1.34. The summed E-state index contributed by atoms with van der Waals surface area (Å²) in [6.07, 6.45) is 1.65. The molecule has 2 saturated heterocycles. The fraction of sp³-hybridized carbons (Fsp3) is 0.682. The normalized spacial score (nSPS) is 19.2. The van der Waals surface area contributed by atoms with E-state index in [4.69, 9.17) is 11.6 Å². The average Bonchev–Trinajstić information content (AvgIpc) is 2.76. The fourth-order valence-corrected chi connectivity index (χ4v) is 4.29. The van der Waals surface area contributed by atoms with E-state index in [1.807, 2.05) is 4.90 Å². The van der Waals surface area contributed by atoms with E-state index in [1.165, 1.54) is 16.8 Å². The van der Waals surface area contributed by atoms with E-state index in [1.54, 1.807) is 0 Å². The van der Waals surface area contributed by atoms with Crippen LogP contribution in [0.1, 0.15) is 24.0 Å².